The van der Waals surface area contributed by atoms with E-state index >= 15 is 0 Å². The second-order valence-corrected chi connectivity index (χ2v) is 2.82. The van der Waals surface area contributed by atoms with E-state index in [1.54, 1.807) is 0 Å². The van der Waals surface area contributed by atoms with Gasteiger partial charge in [-0.15, -0.1) is 11.6 Å². The predicted octanol–water partition coefficient (Wildman–Crippen LogP) is 2.17. The average molecular weight is 149 g/mol. The van der Waals surface area contributed by atoms with Crippen LogP contribution in [0.3, 0.4) is 0 Å². The quantitative estimate of drug-likeness (QED) is 0.476. The minimum absolute atomic E-state index is 0.207. The zero-order valence-corrected chi connectivity index (χ0v) is 6.96. The molecular weight excluding hydrogens is 134 g/mol. The Balaban J connectivity index is 3.62. The van der Waals surface area contributed by atoms with Crippen LogP contribution in [-0.2, 0) is 0 Å². The maximum absolute atomic E-state index is 6.06. The SMILES string of the molecule is [CH2]CNC(Cl)(CC)CC. The zero-order chi connectivity index (χ0) is 7.33. The lowest BCUT2D eigenvalue weighted by Crippen LogP contribution is -2.38. The molecule has 0 atom stereocenters. The van der Waals surface area contributed by atoms with Gasteiger partial charge in [0, 0.05) is 0 Å². The molecule has 0 aromatic rings. The fourth-order valence-corrected chi connectivity index (χ4v) is 0.819. The van der Waals surface area contributed by atoms with Crippen molar-refractivity contribution in [3.05, 3.63) is 6.92 Å². The van der Waals surface area contributed by atoms with Crippen LogP contribution in [-0.4, -0.2) is 11.5 Å². The molecule has 0 unspecified atom stereocenters. The summed E-state index contributed by atoms with van der Waals surface area (Å²) < 4.78 is 0. The molecule has 0 saturated carbocycles. The standard InChI is InChI=1S/C7H15ClN/c1-4-7(8,5-2)9-6-3/h9H,3-6H2,1-2H3. The number of hydrogen-bond donors (Lipinski definition) is 1. The number of hydrogen-bond acceptors (Lipinski definition) is 1. The fraction of sp³-hybridized carbons (Fsp3) is 0.857. The summed E-state index contributed by atoms with van der Waals surface area (Å²) >= 11 is 6.06. The highest BCUT2D eigenvalue weighted by atomic mass is 35.5. The maximum atomic E-state index is 6.06. The third-order valence-electron chi connectivity index (χ3n) is 1.56. The van der Waals surface area contributed by atoms with Gasteiger partial charge >= 0.3 is 0 Å². The molecule has 55 valence electrons. The van der Waals surface area contributed by atoms with E-state index in [1.807, 2.05) is 0 Å². The summed E-state index contributed by atoms with van der Waals surface area (Å²) in [5, 5.41) is 3.11. The molecule has 0 aromatic heterocycles. The summed E-state index contributed by atoms with van der Waals surface area (Å²) in [7, 11) is 0. The Morgan fingerprint density at radius 1 is 1.44 bits per heavy atom. The molecule has 0 saturated heterocycles. The van der Waals surface area contributed by atoms with Crippen LogP contribution in [0.2, 0.25) is 0 Å². The molecule has 1 radical (unpaired) electrons. The summed E-state index contributed by atoms with van der Waals surface area (Å²) in [4.78, 5) is -0.207. The van der Waals surface area contributed by atoms with Gasteiger partial charge in [-0.25, -0.2) is 0 Å². The largest absolute Gasteiger partial charge is 0.299 e. The van der Waals surface area contributed by atoms with E-state index in [4.69, 9.17) is 11.6 Å². The van der Waals surface area contributed by atoms with Gasteiger partial charge in [0.1, 0.15) is 0 Å². The van der Waals surface area contributed by atoms with Crippen molar-refractivity contribution in [2.75, 3.05) is 6.54 Å². The first-order chi connectivity index (χ1) is 4.18. The van der Waals surface area contributed by atoms with Crippen LogP contribution < -0.4 is 5.32 Å². The summed E-state index contributed by atoms with van der Waals surface area (Å²) in [6, 6.07) is 0. The molecule has 0 aliphatic heterocycles. The number of halogens is 1. The lowest BCUT2D eigenvalue weighted by atomic mass is 10.1. The van der Waals surface area contributed by atoms with E-state index < -0.39 is 0 Å². The van der Waals surface area contributed by atoms with Crippen LogP contribution in [0, 0.1) is 6.92 Å². The van der Waals surface area contributed by atoms with E-state index in [1.165, 1.54) is 0 Å². The Kier molecular flexibility index (Phi) is 4.24. The van der Waals surface area contributed by atoms with Gasteiger partial charge in [0.15, 0.2) is 0 Å². The molecule has 1 N–H and O–H groups in total. The highest BCUT2D eigenvalue weighted by Crippen LogP contribution is 2.19. The first kappa shape index (κ1) is 9.25. The molecule has 9 heavy (non-hydrogen) atoms. The molecule has 0 amide bonds. The maximum Gasteiger partial charge on any atom is 0.0930 e. The minimum Gasteiger partial charge on any atom is -0.299 e. The molecule has 2 heteroatoms. The second-order valence-electron chi connectivity index (χ2n) is 2.10. The smallest absolute Gasteiger partial charge is 0.0930 e. The molecule has 0 spiro atoms. The molecule has 0 fully saturated rings. The highest BCUT2D eigenvalue weighted by Gasteiger charge is 2.19. The molecule has 0 rings (SSSR count). The molecule has 0 aliphatic carbocycles. The molecule has 0 aliphatic rings. The second kappa shape index (κ2) is 4.13. The molecular formula is C7H15ClN. The van der Waals surface area contributed by atoms with Crippen molar-refractivity contribution in [1.82, 2.24) is 5.32 Å². The Morgan fingerprint density at radius 3 is 2.00 bits per heavy atom. The number of alkyl halides is 1. The lowest BCUT2D eigenvalue weighted by Gasteiger charge is -2.24. The van der Waals surface area contributed by atoms with Crippen LogP contribution in [0.4, 0.5) is 0 Å². The van der Waals surface area contributed by atoms with Crippen molar-refractivity contribution >= 4 is 11.6 Å². The average Bonchev–Trinajstić information content (AvgIpc) is 1.89. The van der Waals surface area contributed by atoms with Crippen LogP contribution in [0.5, 0.6) is 0 Å². The topological polar surface area (TPSA) is 12.0 Å². The van der Waals surface area contributed by atoms with E-state index in [-0.39, 0.29) is 5.00 Å². The van der Waals surface area contributed by atoms with Gasteiger partial charge in [-0.1, -0.05) is 13.8 Å². The number of rotatable bonds is 4. The monoisotopic (exact) mass is 148 g/mol. The Labute approximate surface area is 62.8 Å². The van der Waals surface area contributed by atoms with E-state index in [2.05, 4.69) is 26.1 Å². The van der Waals surface area contributed by atoms with Gasteiger partial charge in [-0.2, -0.15) is 0 Å². The van der Waals surface area contributed by atoms with Crippen molar-refractivity contribution in [2.45, 2.75) is 31.7 Å². The number of nitrogens with one attached hydrogen (secondary N) is 1. The normalized spacial score (nSPS) is 12.0. The first-order valence-corrected chi connectivity index (χ1v) is 3.79. The van der Waals surface area contributed by atoms with Crippen LogP contribution >= 0.6 is 11.6 Å². The summed E-state index contributed by atoms with van der Waals surface area (Å²) in [5.41, 5.74) is 0. The summed E-state index contributed by atoms with van der Waals surface area (Å²) in [6.45, 7) is 8.51. The minimum atomic E-state index is -0.207. The highest BCUT2D eigenvalue weighted by molar-refractivity contribution is 6.23. The predicted molar refractivity (Wildman–Crippen MR) is 42.5 cm³/mol. The van der Waals surface area contributed by atoms with Gasteiger partial charge in [-0.3, -0.25) is 5.32 Å². The van der Waals surface area contributed by atoms with E-state index in [0.29, 0.717) is 6.54 Å². The molecule has 0 bridgehead atoms. The van der Waals surface area contributed by atoms with Gasteiger partial charge in [0.25, 0.3) is 0 Å². The Morgan fingerprint density at radius 2 is 1.89 bits per heavy atom. The van der Waals surface area contributed by atoms with Gasteiger partial charge in [0.2, 0.25) is 0 Å². The van der Waals surface area contributed by atoms with Crippen molar-refractivity contribution in [3.63, 3.8) is 0 Å². The van der Waals surface area contributed by atoms with E-state index in [9.17, 15) is 0 Å². The summed E-state index contributed by atoms with van der Waals surface area (Å²) in [6.07, 6.45) is 1.89. The van der Waals surface area contributed by atoms with Crippen molar-refractivity contribution in [2.24, 2.45) is 0 Å². The Bertz CT molecular complexity index is 69.3. The van der Waals surface area contributed by atoms with Crippen molar-refractivity contribution < 1.29 is 0 Å². The van der Waals surface area contributed by atoms with Gasteiger partial charge < -0.3 is 0 Å². The fourth-order valence-electron chi connectivity index (χ4n) is 0.724. The molecule has 0 heterocycles. The van der Waals surface area contributed by atoms with Gasteiger partial charge in [0.05, 0.1) is 5.00 Å². The Hall–Kier alpha value is 0.250. The molecule has 0 aromatic carbocycles. The first-order valence-electron chi connectivity index (χ1n) is 3.41. The molecule has 1 nitrogen and oxygen atoms in total. The van der Waals surface area contributed by atoms with E-state index in [0.717, 1.165) is 12.8 Å². The zero-order valence-electron chi connectivity index (χ0n) is 6.21. The third-order valence-corrected chi connectivity index (χ3v) is 2.23. The van der Waals surface area contributed by atoms with Gasteiger partial charge in [-0.05, 0) is 26.3 Å². The van der Waals surface area contributed by atoms with Crippen molar-refractivity contribution in [3.8, 4) is 0 Å². The third kappa shape index (κ3) is 3.07. The van der Waals surface area contributed by atoms with Crippen LogP contribution in [0.1, 0.15) is 26.7 Å². The van der Waals surface area contributed by atoms with Crippen LogP contribution in [0.25, 0.3) is 0 Å². The summed E-state index contributed by atoms with van der Waals surface area (Å²) in [5.74, 6) is 0. The lowest BCUT2D eigenvalue weighted by molar-refractivity contribution is 0.448. The van der Waals surface area contributed by atoms with Crippen LogP contribution in [0.15, 0.2) is 0 Å². The van der Waals surface area contributed by atoms with Crippen molar-refractivity contribution in [1.29, 1.82) is 0 Å².